The number of hydrogen-bond donors (Lipinski definition) is 6. The Kier molecular flexibility index (Phi) is 11.4. The molecular weight excluding hydrogens is 674 g/mol. The van der Waals surface area contributed by atoms with Crippen molar-refractivity contribution in [3.05, 3.63) is 29.3 Å². The van der Waals surface area contributed by atoms with Gasteiger partial charge in [-0.05, 0) is 45.4 Å². The Bertz CT molecular complexity index is 1570. The van der Waals surface area contributed by atoms with Crippen molar-refractivity contribution in [2.45, 2.75) is 94.2 Å². The van der Waals surface area contributed by atoms with Crippen LogP contribution in [-0.4, -0.2) is 152 Å². The number of aliphatic carboxylic acids is 1. The van der Waals surface area contributed by atoms with Gasteiger partial charge >= 0.3 is 12.1 Å². The highest BCUT2D eigenvalue weighted by atomic mass is 32.1. The number of hydrogen-bond acceptors (Lipinski definition) is 13. The van der Waals surface area contributed by atoms with Gasteiger partial charge in [0.1, 0.15) is 17.8 Å². The summed E-state index contributed by atoms with van der Waals surface area (Å²) < 4.78 is 18.3. The lowest BCUT2D eigenvalue weighted by Crippen LogP contribution is -2.68. The maximum atomic E-state index is 13.0. The Hall–Kier alpha value is -3.45. The first-order valence-corrected chi connectivity index (χ1v) is 17.6. The zero-order valence-electron chi connectivity index (χ0n) is 28.7. The summed E-state index contributed by atoms with van der Waals surface area (Å²) in [4.78, 5) is 58.6. The summed E-state index contributed by atoms with van der Waals surface area (Å²) in [5.74, 6) is -2.48. The third kappa shape index (κ3) is 8.36. The van der Waals surface area contributed by atoms with E-state index in [0.29, 0.717) is 44.8 Å². The van der Waals surface area contributed by atoms with Gasteiger partial charge in [-0.25, -0.2) is 14.6 Å². The van der Waals surface area contributed by atoms with Crippen LogP contribution in [0.4, 0.5) is 4.79 Å². The van der Waals surface area contributed by atoms with E-state index in [-0.39, 0.29) is 13.0 Å². The van der Waals surface area contributed by atoms with E-state index in [4.69, 9.17) is 14.2 Å². The number of aliphatic hydroxyl groups is 3. The first-order valence-electron chi connectivity index (χ1n) is 16.7. The second-order valence-electron chi connectivity index (χ2n) is 14.3. The van der Waals surface area contributed by atoms with Crippen molar-refractivity contribution in [2.24, 2.45) is 0 Å². The number of carboxylic acids is 1. The molecule has 3 amide bonds. The molecule has 0 unspecified atom stereocenters. The molecule has 5 rings (SSSR count). The third-order valence-electron chi connectivity index (χ3n) is 9.54. The number of carboxylic acid groups (broad SMARTS) is 1. The second kappa shape index (κ2) is 15.0. The highest BCUT2D eigenvalue weighted by molar-refractivity contribution is 7.16. The fourth-order valence-corrected chi connectivity index (χ4v) is 7.66. The summed E-state index contributed by atoms with van der Waals surface area (Å²) in [7, 11) is 0. The van der Waals surface area contributed by atoms with Crippen LogP contribution in [0, 0.1) is 0 Å². The predicted molar refractivity (Wildman–Crippen MR) is 180 cm³/mol. The van der Waals surface area contributed by atoms with Crippen molar-refractivity contribution < 1.29 is 53.8 Å². The van der Waals surface area contributed by atoms with E-state index in [1.807, 2.05) is 0 Å². The summed E-state index contributed by atoms with van der Waals surface area (Å²) in [6.45, 7) is 8.21. The van der Waals surface area contributed by atoms with Gasteiger partial charge in [-0.2, -0.15) is 0 Å². The molecule has 0 saturated carbocycles. The average molecular weight is 722 g/mol. The van der Waals surface area contributed by atoms with Crippen LogP contribution in [0.2, 0.25) is 0 Å². The molecule has 3 fully saturated rings. The van der Waals surface area contributed by atoms with Crippen LogP contribution in [-0.2, 0) is 23.8 Å². The van der Waals surface area contributed by atoms with E-state index in [1.165, 1.54) is 18.3 Å². The van der Waals surface area contributed by atoms with Crippen LogP contribution >= 0.6 is 11.3 Å². The van der Waals surface area contributed by atoms with E-state index >= 15 is 0 Å². The minimum atomic E-state index is -2.02. The van der Waals surface area contributed by atoms with Gasteiger partial charge in [0, 0.05) is 58.1 Å². The molecule has 3 aliphatic heterocycles. The highest BCUT2D eigenvalue weighted by Gasteiger charge is 2.55. The molecule has 7 atom stereocenters. The number of amides is 3. The molecule has 276 valence electrons. The van der Waals surface area contributed by atoms with Crippen LogP contribution in [0.25, 0.3) is 10.2 Å². The minimum Gasteiger partial charge on any atom is -0.479 e. The molecule has 0 aliphatic carbocycles. The van der Waals surface area contributed by atoms with Gasteiger partial charge < -0.3 is 50.2 Å². The standard InChI is InChI=1S/C33H47N5O11S/c1-19(39)36-25-22(40)14-33(29(44)45,8-10-38-11-12-47-17-32(38)7-9-37(16-32)30(46)49-31(2,3)4)48-27(25)26(42)23(41)15-34-28(43)20-5-6-21-24(13-20)50-18-35-21/h5-6,13,18,22-23,25-27,40-42H,7-12,14-17H2,1-4H3,(H,34,43)(H,36,39)(H,44,45)/t22-,23+,25+,26+,27+,32-,33+/m0/s1. The quantitative estimate of drug-likeness (QED) is 0.195. The molecule has 4 heterocycles. The van der Waals surface area contributed by atoms with Gasteiger partial charge in [-0.1, -0.05) is 0 Å². The minimum absolute atomic E-state index is 0.128. The van der Waals surface area contributed by atoms with Crippen molar-refractivity contribution in [2.75, 3.05) is 45.9 Å². The van der Waals surface area contributed by atoms with Crippen molar-refractivity contribution in [3.63, 3.8) is 0 Å². The average Bonchev–Trinajstić information content (AvgIpc) is 3.70. The Morgan fingerprint density at radius 1 is 1.20 bits per heavy atom. The van der Waals surface area contributed by atoms with Gasteiger partial charge in [-0.3, -0.25) is 14.5 Å². The fourth-order valence-electron chi connectivity index (χ4n) is 6.95. The lowest BCUT2D eigenvalue weighted by molar-refractivity contribution is -0.231. The van der Waals surface area contributed by atoms with Gasteiger partial charge in [0.05, 0.1) is 52.7 Å². The number of carbonyl (C=O) groups excluding carboxylic acids is 3. The molecule has 3 saturated heterocycles. The number of likely N-dealkylation sites (tertiary alicyclic amines) is 1. The number of nitrogens with zero attached hydrogens (tertiary/aromatic N) is 3. The van der Waals surface area contributed by atoms with Crippen LogP contribution in [0.15, 0.2) is 23.7 Å². The molecule has 6 N–H and O–H groups in total. The lowest BCUT2D eigenvalue weighted by atomic mass is 9.81. The van der Waals surface area contributed by atoms with Gasteiger partial charge in [0.15, 0.2) is 5.60 Å². The van der Waals surface area contributed by atoms with E-state index in [0.717, 1.165) is 10.2 Å². The second-order valence-corrected chi connectivity index (χ2v) is 15.2. The summed E-state index contributed by atoms with van der Waals surface area (Å²) in [6, 6.07) is 3.66. The molecule has 16 nitrogen and oxygen atoms in total. The molecule has 1 aromatic heterocycles. The summed E-state index contributed by atoms with van der Waals surface area (Å²) >= 11 is 1.36. The van der Waals surface area contributed by atoms with E-state index < -0.39 is 84.0 Å². The Morgan fingerprint density at radius 2 is 1.96 bits per heavy atom. The van der Waals surface area contributed by atoms with E-state index in [2.05, 4.69) is 20.5 Å². The number of rotatable bonds is 10. The molecule has 2 aromatic rings. The Morgan fingerprint density at radius 3 is 2.66 bits per heavy atom. The first-order chi connectivity index (χ1) is 23.5. The predicted octanol–water partition coefficient (Wildman–Crippen LogP) is 0.328. The molecular formula is C33H47N5O11S. The number of aromatic nitrogens is 1. The molecule has 0 bridgehead atoms. The summed E-state index contributed by atoms with van der Waals surface area (Å²) in [5.41, 5.74) is -0.590. The van der Waals surface area contributed by atoms with Crippen molar-refractivity contribution in [1.29, 1.82) is 0 Å². The zero-order chi connectivity index (χ0) is 36.4. The number of carbonyl (C=O) groups is 4. The van der Waals surface area contributed by atoms with Crippen molar-refractivity contribution in [1.82, 2.24) is 25.4 Å². The maximum absolute atomic E-state index is 13.0. The van der Waals surface area contributed by atoms with Gasteiger partial charge in [-0.15, -0.1) is 11.3 Å². The monoisotopic (exact) mass is 721 g/mol. The SMILES string of the molecule is CC(=O)N[C@H]1[C@H]([C@H](O)[C@H](O)CNC(=O)c2ccc3ncsc3c2)O[C@@](CCN2CCOC[C@@]23CCN(C(=O)OC(C)(C)C)C3)(C(=O)O)C[C@@H]1O. The number of thiazole rings is 1. The molecule has 3 aliphatic rings. The van der Waals surface area contributed by atoms with Crippen molar-refractivity contribution in [3.8, 4) is 0 Å². The van der Waals surface area contributed by atoms with Crippen LogP contribution in [0.1, 0.15) is 57.3 Å². The van der Waals surface area contributed by atoms with Crippen LogP contribution in [0.3, 0.4) is 0 Å². The number of benzene rings is 1. The van der Waals surface area contributed by atoms with Gasteiger partial charge in [0.2, 0.25) is 5.91 Å². The number of ether oxygens (including phenoxy) is 3. The normalized spacial score (nSPS) is 28.7. The highest BCUT2D eigenvalue weighted by Crippen LogP contribution is 2.38. The topological polar surface area (TPSA) is 220 Å². The Balaban J connectivity index is 1.29. The van der Waals surface area contributed by atoms with E-state index in [9.17, 15) is 39.6 Å². The molecule has 1 spiro atoms. The largest absolute Gasteiger partial charge is 0.479 e. The van der Waals surface area contributed by atoms with Crippen molar-refractivity contribution >= 4 is 45.4 Å². The smallest absolute Gasteiger partial charge is 0.410 e. The molecule has 1 aromatic carbocycles. The summed E-state index contributed by atoms with van der Waals surface area (Å²) in [6.07, 6.45) is -6.94. The number of aliphatic hydroxyl groups excluding tert-OH is 3. The maximum Gasteiger partial charge on any atom is 0.410 e. The third-order valence-corrected chi connectivity index (χ3v) is 10.3. The Labute approximate surface area is 293 Å². The zero-order valence-corrected chi connectivity index (χ0v) is 29.5. The first kappa shape index (κ1) is 37.8. The molecule has 0 radical (unpaired) electrons. The number of nitrogens with one attached hydrogen (secondary N) is 2. The van der Waals surface area contributed by atoms with E-state index in [1.54, 1.807) is 49.4 Å². The lowest BCUT2D eigenvalue weighted by Gasteiger charge is -2.49. The number of fused-ring (bicyclic) bond motifs is 1. The van der Waals surface area contributed by atoms with Crippen LogP contribution in [0.5, 0.6) is 0 Å². The van der Waals surface area contributed by atoms with Crippen LogP contribution < -0.4 is 10.6 Å². The molecule has 50 heavy (non-hydrogen) atoms. The fraction of sp³-hybridized carbons (Fsp3) is 0.667. The molecule has 17 heteroatoms. The number of morpholine rings is 1. The summed E-state index contributed by atoms with van der Waals surface area (Å²) in [5, 5.41) is 49.2. The van der Waals surface area contributed by atoms with Gasteiger partial charge in [0.25, 0.3) is 5.91 Å².